The van der Waals surface area contributed by atoms with Crippen molar-refractivity contribution in [3.8, 4) is 0 Å². The molecule has 15 heavy (non-hydrogen) atoms. The summed E-state index contributed by atoms with van der Waals surface area (Å²) in [6.07, 6.45) is 0.202. The highest BCUT2D eigenvalue weighted by Crippen LogP contribution is 2.12. The van der Waals surface area contributed by atoms with E-state index in [0.717, 1.165) is 0 Å². The van der Waals surface area contributed by atoms with Crippen LogP contribution < -0.4 is 0 Å². The molecule has 0 aliphatic rings. The molecule has 90 valence electrons. The Morgan fingerprint density at radius 1 is 1.40 bits per heavy atom. The Morgan fingerprint density at radius 3 is 2.40 bits per heavy atom. The maximum atomic E-state index is 11.4. The van der Waals surface area contributed by atoms with E-state index in [1.165, 1.54) is 0 Å². The van der Waals surface area contributed by atoms with Gasteiger partial charge >= 0.3 is 5.97 Å². The van der Waals surface area contributed by atoms with Gasteiger partial charge in [-0.25, -0.2) is 0 Å². The Balaban J connectivity index is 3.91. The number of aliphatic hydroxyl groups is 1. The van der Waals surface area contributed by atoms with E-state index in [1.54, 1.807) is 0 Å². The summed E-state index contributed by atoms with van der Waals surface area (Å²) in [7, 11) is 0. The molecule has 0 amide bonds. The van der Waals surface area contributed by atoms with Gasteiger partial charge in [-0.1, -0.05) is 0 Å². The van der Waals surface area contributed by atoms with Gasteiger partial charge in [0.25, 0.3) is 0 Å². The summed E-state index contributed by atoms with van der Waals surface area (Å²) in [4.78, 5) is 11.4. The zero-order valence-corrected chi connectivity index (χ0v) is 10.1. The zero-order chi connectivity index (χ0) is 11.9. The number of hydrogen-bond donors (Lipinski definition) is 1. The summed E-state index contributed by atoms with van der Waals surface area (Å²) in [5.41, 5.74) is -0.470. The van der Waals surface area contributed by atoms with E-state index < -0.39 is 5.60 Å². The lowest BCUT2D eigenvalue weighted by Gasteiger charge is -2.21. The third-order valence-corrected chi connectivity index (χ3v) is 1.69. The average molecular weight is 218 g/mol. The van der Waals surface area contributed by atoms with Crippen molar-refractivity contribution in [2.45, 2.75) is 39.7 Å². The fraction of sp³-hybridized carbons (Fsp3) is 0.909. The third kappa shape index (κ3) is 8.39. The standard InChI is InChI=1S/C11H22O4/c1-5-14-8-9(7-12)6-10(13)15-11(2,3)4/h9,12H,5-8H2,1-4H3/t9-/m1/s1. The van der Waals surface area contributed by atoms with Crippen molar-refractivity contribution in [1.82, 2.24) is 0 Å². The zero-order valence-electron chi connectivity index (χ0n) is 10.1. The molecule has 1 atom stereocenters. The Labute approximate surface area is 91.6 Å². The predicted molar refractivity (Wildman–Crippen MR) is 57.5 cm³/mol. The first kappa shape index (κ1) is 14.4. The number of ether oxygens (including phenoxy) is 2. The largest absolute Gasteiger partial charge is 0.460 e. The van der Waals surface area contributed by atoms with Crippen LogP contribution in [0.4, 0.5) is 0 Å². The summed E-state index contributed by atoms with van der Waals surface area (Å²) in [6, 6.07) is 0. The highest BCUT2D eigenvalue weighted by Gasteiger charge is 2.20. The van der Waals surface area contributed by atoms with Crippen molar-refractivity contribution in [2.24, 2.45) is 5.92 Å². The molecule has 0 fully saturated rings. The molecule has 1 N–H and O–H groups in total. The second kappa shape index (κ2) is 6.80. The Morgan fingerprint density at radius 2 is 2.00 bits per heavy atom. The van der Waals surface area contributed by atoms with Crippen molar-refractivity contribution < 1.29 is 19.4 Å². The minimum atomic E-state index is -0.470. The van der Waals surface area contributed by atoms with Crippen LogP contribution >= 0.6 is 0 Å². The lowest BCUT2D eigenvalue weighted by atomic mass is 10.1. The van der Waals surface area contributed by atoms with Crippen LogP contribution in [0, 0.1) is 5.92 Å². The quantitative estimate of drug-likeness (QED) is 0.684. The molecule has 0 aliphatic carbocycles. The van der Waals surface area contributed by atoms with Gasteiger partial charge in [-0.3, -0.25) is 4.79 Å². The van der Waals surface area contributed by atoms with Crippen molar-refractivity contribution >= 4 is 5.97 Å². The molecule has 0 saturated heterocycles. The highest BCUT2D eigenvalue weighted by molar-refractivity contribution is 5.70. The van der Waals surface area contributed by atoms with Crippen LogP contribution in [0.3, 0.4) is 0 Å². The monoisotopic (exact) mass is 218 g/mol. The maximum Gasteiger partial charge on any atom is 0.306 e. The molecular formula is C11H22O4. The molecule has 0 spiro atoms. The van der Waals surface area contributed by atoms with Crippen LogP contribution in [0.1, 0.15) is 34.1 Å². The molecule has 0 unspecified atom stereocenters. The molecule has 4 nitrogen and oxygen atoms in total. The van der Waals surface area contributed by atoms with E-state index in [1.807, 2.05) is 27.7 Å². The first-order valence-corrected chi connectivity index (χ1v) is 5.29. The topological polar surface area (TPSA) is 55.8 Å². The van der Waals surface area contributed by atoms with Crippen LogP contribution in [0.25, 0.3) is 0 Å². The van der Waals surface area contributed by atoms with Crippen molar-refractivity contribution in [1.29, 1.82) is 0 Å². The van der Waals surface area contributed by atoms with Crippen molar-refractivity contribution in [3.05, 3.63) is 0 Å². The second-order valence-corrected chi connectivity index (χ2v) is 4.50. The molecule has 4 heteroatoms. The molecule has 0 aromatic rings. The summed E-state index contributed by atoms with van der Waals surface area (Å²) >= 11 is 0. The fourth-order valence-electron chi connectivity index (χ4n) is 1.08. The Hall–Kier alpha value is -0.610. The molecule has 0 aromatic heterocycles. The van der Waals surface area contributed by atoms with Crippen LogP contribution in [0.5, 0.6) is 0 Å². The number of rotatable bonds is 6. The lowest BCUT2D eigenvalue weighted by molar-refractivity contribution is -0.157. The molecule has 0 heterocycles. The van der Waals surface area contributed by atoms with E-state index in [4.69, 9.17) is 14.6 Å². The Bertz CT molecular complexity index is 184. The molecule has 0 aromatic carbocycles. The number of aliphatic hydroxyl groups excluding tert-OH is 1. The van der Waals surface area contributed by atoms with Gasteiger partial charge in [-0.15, -0.1) is 0 Å². The summed E-state index contributed by atoms with van der Waals surface area (Å²) in [5.74, 6) is -0.457. The lowest BCUT2D eigenvalue weighted by Crippen LogP contribution is -2.27. The number of esters is 1. The predicted octanol–water partition coefficient (Wildman–Crippen LogP) is 1.36. The second-order valence-electron chi connectivity index (χ2n) is 4.50. The smallest absolute Gasteiger partial charge is 0.306 e. The van der Waals surface area contributed by atoms with Gasteiger partial charge in [0, 0.05) is 19.1 Å². The van der Waals surface area contributed by atoms with Gasteiger partial charge in [-0.05, 0) is 27.7 Å². The van der Waals surface area contributed by atoms with E-state index >= 15 is 0 Å². The minimum absolute atomic E-state index is 0.0563. The van der Waals surface area contributed by atoms with Crippen LogP contribution in [0.15, 0.2) is 0 Å². The van der Waals surface area contributed by atoms with Crippen LogP contribution in [0.2, 0.25) is 0 Å². The fourth-order valence-corrected chi connectivity index (χ4v) is 1.08. The van der Waals surface area contributed by atoms with Crippen LogP contribution in [-0.4, -0.2) is 36.5 Å². The molecule has 0 aliphatic heterocycles. The van der Waals surface area contributed by atoms with Gasteiger partial charge in [-0.2, -0.15) is 0 Å². The average Bonchev–Trinajstić information content (AvgIpc) is 2.09. The van der Waals surface area contributed by atoms with Gasteiger partial charge in [0.1, 0.15) is 5.60 Å². The van der Waals surface area contributed by atoms with Gasteiger partial charge in [0.15, 0.2) is 0 Å². The normalized spacial score (nSPS) is 13.7. The van der Waals surface area contributed by atoms with E-state index in [2.05, 4.69) is 0 Å². The van der Waals surface area contributed by atoms with Crippen molar-refractivity contribution in [3.63, 3.8) is 0 Å². The summed E-state index contributed by atoms with van der Waals surface area (Å²) < 4.78 is 10.3. The highest BCUT2D eigenvalue weighted by atomic mass is 16.6. The number of hydrogen-bond acceptors (Lipinski definition) is 4. The third-order valence-electron chi connectivity index (χ3n) is 1.69. The van der Waals surface area contributed by atoms with Gasteiger partial charge in [0.2, 0.25) is 0 Å². The van der Waals surface area contributed by atoms with Crippen LogP contribution in [-0.2, 0) is 14.3 Å². The molecule has 0 rings (SSSR count). The van der Waals surface area contributed by atoms with Gasteiger partial charge in [0.05, 0.1) is 13.0 Å². The molecule has 0 radical (unpaired) electrons. The Kier molecular flexibility index (Phi) is 6.52. The van der Waals surface area contributed by atoms with Gasteiger partial charge < -0.3 is 14.6 Å². The van der Waals surface area contributed by atoms with E-state index in [0.29, 0.717) is 13.2 Å². The number of carbonyl (C=O) groups excluding carboxylic acids is 1. The first-order valence-electron chi connectivity index (χ1n) is 5.29. The molecule has 0 saturated carbocycles. The van der Waals surface area contributed by atoms with E-state index in [-0.39, 0.29) is 24.9 Å². The first-order chi connectivity index (χ1) is 6.89. The summed E-state index contributed by atoms with van der Waals surface area (Å²) in [5, 5.41) is 9.01. The maximum absolute atomic E-state index is 11.4. The SMILES string of the molecule is CCOC[C@@H](CO)CC(=O)OC(C)(C)C. The summed E-state index contributed by atoms with van der Waals surface area (Å²) in [6.45, 7) is 8.27. The minimum Gasteiger partial charge on any atom is -0.460 e. The molecule has 0 bridgehead atoms. The van der Waals surface area contributed by atoms with E-state index in [9.17, 15) is 4.79 Å². The number of carbonyl (C=O) groups is 1. The molecular weight excluding hydrogens is 196 g/mol. The van der Waals surface area contributed by atoms with Crippen molar-refractivity contribution in [2.75, 3.05) is 19.8 Å².